The van der Waals surface area contributed by atoms with Crippen LogP contribution in [0.4, 0.5) is 0 Å². The van der Waals surface area contributed by atoms with Crippen LogP contribution in [0.3, 0.4) is 0 Å². The lowest BCUT2D eigenvalue weighted by molar-refractivity contribution is -0.132. The summed E-state index contributed by atoms with van der Waals surface area (Å²) in [5.41, 5.74) is 4.40. The number of oxazole rings is 1. The van der Waals surface area contributed by atoms with Gasteiger partial charge in [0.15, 0.2) is 12.3 Å². The Labute approximate surface area is 215 Å². The molecule has 8 heteroatoms. The largest absolute Gasteiger partial charge is 0.484 e. The molecule has 0 radical (unpaired) electrons. The van der Waals surface area contributed by atoms with Crippen molar-refractivity contribution in [2.75, 3.05) is 6.54 Å². The van der Waals surface area contributed by atoms with Crippen LogP contribution in [0.1, 0.15) is 58.0 Å². The van der Waals surface area contributed by atoms with E-state index < -0.39 is 0 Å². The number of aromatic nitrogens is 2. The molecule has 188 valence electrons. The Kier molecular flexibility index (Phi) is 7.26. The van der Waals surface area contributed by atoms with Crippen LogP contribution in [0.25, 0.3) is 0 Å². The lowest BCUT2D eigenvalue weighted by Crippen LogP contribution is -2.40. The molecule has 3 heterocycles. The Hall–Kier alpha value is -4.46. The Morgan fingerprint density at radius 1 is 1.14 bits per heavy atom. The molecule has 1 aliphatic rings. The first-order chi connectivity index (χ1) is 18.1. The number of benzene rings is 2. The summed E-state index contributed by atoms with van der Waals surface area (Å²) in [5.74, 6) is 0.733. The van der Waals surface area contributed by atoms with E-state index in [9.17, 15) is 9.59 Å². The summed E-state index contributed by atoms with van der Waals surface area (Å²) < 4.78 is 11.5. The molecule has 5 rings (SSSR count). The molecule has 1 unspecified atom stereocenters. The fraction of sp³-hybridized carbons (Fsp3) is 0.241. The number of carbonyl (C=O) groups is 2. The molecule has 37 heavy (non-hydrogen) atoms. The Balaban J connectivity index is 1.28. The highest BCUT2D eigenvalue weighted by Crippen LogP contribution is 2.37. The van der Waals surface area contributed by atoms with Crippen molar-refractivity contribution in [1.82, 2.24) is 20.2 Å². The molecule has 1 aliphatic heterocycles. The van der Waals surface area contributed by atoms with Crippen molar-refractivity contribution >= 4 is 11.8 Å². The van der Waals surface area contributed by atoms with Crippen molar-refractivity contribution in [3.8, 4) is 5.75 Å². The zero-order valence-corrected chi connectivity index (χ0v) is 20.6. The average molecular weight is 497 g/mol. The van der Waals surface area contributed by atoms with Gasteiger partial charge in [0.2, 0.25) is 11.8 Å². The summed E-state index contributed by atoms with van der Waals surface area (Å²) in [5, 5.41) is 2.80. The first kappa shape index (κ1) is 24.2. The molecule has 2 amide bonds. The van der Waals surface area contributed by atoms with E-state index in [0.717, 1.165) is 23.1 Å². The molecule has 0 bridgehead atoms. The standard InChI is InChI=1S/C29H28N4O4/c1-2-27(34)33-14-12-21-10-11-23(15-24(21)28(33)22-8-4-3-5-9-22)36-19-26-32-25(18-37-26)29(35)31-17-20-7-6-13-30-16-20/h3-11,13,15-16,18,28H,2,12,14,17,19H2,1H3,(H,31,35). The van der Waals surface area contributed by atoms with E-state index in [1.807, 2.05) is 54.3 Å². The molecular weight excluding hydrogens is 468 g/mol. The van der Waals surface area contributed by atoms with Crippen molar-refractivity contribution in [2.24, 2.45) is 0 Å². The molecule has 8 nitrogen and oxygen atoms in total. The van der Waals surface area contributed by atoms with Gasteiger partial charge < -0.3 is 19.4 Å². The Morgan fingerprint density at radius 2 is 2.00 bits per heavy atom. The fourth-order valence-corrected chi connectivity index (χ4v) is 4.55. The maximum atomic E-state index is 12.8. The van der Waals surface area contributed by atoms with E-state index in [0.29, 0.717) is 31.2 Å². The lowest BCUT2D eigenvalue weighted by atomic mass is 9.87. The van der Waals surface area contributed by atoms with Gasteiger partial charge in [-0.25, -0.2) is 4.98 Å². The third-order valence-corrected chi connectivity index (χ3v) is 6.41. The monoisotopic (exact) mass is 496 g/mol. The van der Waals surface area contributed by atoms with E-state index in [-0.39, 0.29) is 30.2 Å². The van der Waals surface area contributed by atoms with Crippen LogP contribution in [-0.2, 0) is 24.4 Å². The van der Waals surface area contributed by atoms with Gasteiger partial charge in [0.25, 0.3) is 5.91 Å². The van der Waals surface area contributed by atoms with E-state index in [4.69, 9.17) is 9.15 Å². The molecule has 4 aromatic rings. The van der Waals surface area contributed by atoms with Gasteiger partial charge >= 0.3 is 0 Å². The third-order valence-electron chi connectivity index (χ3n) is 6.41. The summed E-state index contributed by atoms with van der Waals surface area (Å²) >= 11 is 0. The summed E-state index contributed by atoms with van der Waals surface area (Å²) in [6.45, 7) is 2.99. The summed E-state index contributed by atoms with van der Waals surface area (Å²) in [6.07, 6.45) is 5.95. The molecule has 2 aromatic carbocycles. The maximum Gasteiger partial charge on any atom is 0.273 e. The predicted octanol–water partition coefficient (Wildman–Crippen LogP) is 4.46. The summed E-state index contributed by atoms with van der Waals surface area (Å²) in [6, 6.07) is 19.6. The molecular formula is C29H28N4O4. The number of hydrogen-bond acceptors (Lipinski definition) is 6. The quantitative estimate of drug-likeness (QED) is 0.387. The smallest absolute Gasteiger partial charge is 0.273 e. The topological polar surface area (TPSA) is 97.6 Å². The average Bonchev–Trinajstić information content (AvgIpc) is 3.44. The molecule has 0 fully saturated rings. The molecule has 2 aromatic heterocycles. The number of hydrogen-bond donors (Lipinski definition) is 1. The Bertz CT molecular complexity index is 1370. The predicted molar refractivity (Wildman–Crippen MR) is 137 cm³/mol. The number of nitrogens with zero attached hydrogens (tertiary/aromatic N) is 3. The molecule has 1 atom stereocenters. The number of ether oxygens (including phenoxy) is 1. The second kappa shape index (κ2) is 11.1. The van der Waals surface area contributed by atoms with Crippen LogP contribution in [0.2, 0.25) is 0 Å². The van der Waals surface area contributed by atoms with Gasteiger partial charge in [-0.15, -0.1) is 0 Å². The van der Waals surface area contributed by atoms with Gasteiger partial charge in [0, 0.05) is 31.9 Å². The molecule has 0 saturated heterocycles. The van der Waals surface area contributed by atoms with E-state index in [1.54, 1.807) is 12.4 Å². The van der Waals surface area contributed by atoms with Crippen LogP contribution < -0.4 is 10.1 Å². The SMILES string of the molecule is CCC(=O)N1CCc2ccc(OCc3nc(C(=O)NCc4cccnc4)co3)cc2C1c1ccccc1. The van der Waals surface area contributed by atoms with Crippen molar-refractivity contribution in [1.29, 1.82) is 0 Å². The minimum absolute atomic E-state index is 0.0717. The van der Waals surface area contributed by atoms with E-state index in [1.165, 1.54) is 11.8 Å². The van der Waals surface area contributed by atoms with E-state index >= 15 is 0 Å². The lowest BCUT2D eigenvalue weighted by Gasteiger charge is -2.38. The van der Waals surface area contributed by atoms with Crippen molar-refractivity contribution in [3.05, 3.63) is 113 Å². The number of carbonyl (C=O) groups excluding carboxylic acids is 2. The van der Waals surface area contributed by atoms with Crippen molar-refractivity contribution < 1.29 is 18.7 Å². The number of nitrogens with one attached hydrogen (secondary N) is 1. The zero-order chi connectivity index (χ0) is 25.6. The maximum absolute atomic E-state index is 12.8. The number of pyridine rings is 1. The molecule has 0 saturated carbocycles. The third kappa shape index (κ3) is 5.53. The zero-order valence-electron chi connectivity index (χ0n) is 20.6. The van der Waals surface area contributed by atoms with Crippen LogP contribution in [0.5, 0.6) is 5.75 Å². The van der Waals surface area contributed by atoms with Crippen LogP contribution in [0, 0.1) is 0 Å². The second-order valence-electron chi connectivity index (χ2n) is 8.82. The Morgan fingerprint density at radius 3 is 2.78 bits per heavy atom. The van der Waals surface area contributed by atoms with Gasteiger partial charge in [-0.3, -0.25) is 14.6 Å². The fourth-order valence-electron chi connectivity index (χ4n) is 4.55. The minimum atomic E-state index is -0.334. The number of rotatable bonds is 8. The molecule has 1 N–H and O–H groups in total. The van der Waals surface area contributed by atoms with Gasteiger partial charge in [-0.1, -0.05) is 49.4 Å². The van der Waals surface area contributed by atoms with Crippen LogP contribution in [-0.4, -0.2) is 33.2 Å². The first-order valence-electron chi connectivity index (χ1n) is 12.3. The highest BCUT2D eigenvalue weighted by molar-refractivity contribution is 5.91. The molecule has 0 aliphatic carbocycles. The summed E-state index contributed by atoms with van der Waals surface area (Å²) in [7, 11) is 0. The van der Waals surface area contributed by atoms with Gasteiger partial charge in [-0.05, 0) is 46.9 Å². The van der Waals surface area contributed by atoms with Gasteiger partial charge in [0.05, 0.1) is 6.04 Å². The summed E-state index contributed by atoms with van der Waals surface area (Å²) in [4.78, 5) is 35.4. The second-order valence-corrected chi connectivity index (χ2v) is 8.82. The minimum Gasteiger partial charge on any atom is -0.484 e. The molecule has 0 spiro atoms. The van der Waals surface area contributed by atoms with Crippen LogP contribution >= 0.6 is 0 Å². The highest BCUT2D eigenvalue weighted by Gasteiger charge is 2.31. The van der Waals surface area contributed by atoms with Crippen molar-refractivity contribution in [3.63, 3.8) is 0 Å². The highest BCUT2D eigenvalue weighted by atomic mass is 16.5. The van der Waals surface area contributed by atoms with E-state index in [2.05, 4.69) is 33.5 Å². The van der Waals surface area contributed by atoms with Crippen LogP contribution in [0.15, 0.2) is 83.7 Å². The van der Waals surface area contributed by atoms with Gasteiger partial charge in [-0.2, -0.15) is 0 Å². The van der Waals surface area contributed by atoms with Crippen molar-refractivity contribution in [2.45, 2.75) is 39.0 Å². The normalized spacial score (nSPS) is 14.6. The first-order valence-corrected chi connectivity index (χ1v) is 12.3. The van der Waals surface area contributed by atoms with Gasteiger partial charge in [0.1, 0.15) is 12.0 Å². The number of fused-ring (bicyclic) bond motifs is 1. The number of amides is 2.